The topological polar surface area (TPSA) is 25.8 Å². The van der Waals surface area contributed by atoms with Gasteiger partial charge in [-0.05, 0) is 18.9 Å². The first kappa shape index (κ1) is 10.5. The Morgan fingerprint density at radius 3 is 2.62 bits per heavy atom. The van der Waals surface area contributed by atoms with E-state index >= 15 is 0 Å². The SMILES string of the molecule is CCc1cc(Cl)nc(C(C)CC)n1. The highest BCUT2D eigenvalue weighted by Crippen LogP contribution is 2.17. The number of aryl methyl sites for hydroxylation is 1. The van der Waals surface area contributed by atoms with Crippen molar-refractivity contribution in [3.63, 3.8) is 0 Å². The zero-order valence-corrected chi connectivity index (χ0v) is 9.10. The summed E-state index contributed by atoms with van der Waals surface area (Å²) in [7, 11) is 0. The second-order valence-corrected chi connectivity index (χ2v) is 3.59. The van der Waals surface area contributed by atoms with Crippen molar-refractivity contribution in [1.29, 1.82) is 0 Å². The van der Waals surface area contributed by atoms with E-state index in [4.69, 9.17) is 11.6 Å². The number of rotatable bonds is 3. The van der Waals surface area contributed by atoms with Crippen molar-refractivity contribution in [1.82, 2.24) is 9.97 Å². The third-order valence-electron chi connectivity index (χ3n) is 2.18. The van der Waals surface area contributed by atoms with Crippen molar-refractivity contribution in [2.24, 2.45) is 0 Å². The van der Waals surface area contributed by atoms with Crippen LogP contribution in [0.25, 0.3) is 0 Å². The molecule has 3 heteroatoms. The van der Waals surface area contributed by atoms with Crippen LogP contribution in [-0.4, -0.2) is 9.97 Å². The number of aromatic nitrogens is 2. The van der Waals surface area contributed by atoms with Gasteiger partial charge in [0.2, 0.25) is 0 Å². The van der Waals surface area contributed by atoms with Crippen LogP contribution in [-0.2, 0) is 6.42 Å². The Balaban J connectivity index is 3.01. The first-order valence-electron chi connectivity index (χ1n) is 4.70. The Bertz CT molecular complexity index is 286. The second-order valence-electron chi connectivity index (χ2n) is 3.20. The Morgan fingerprint density at radius 2 is 2.08 bits per heavy atom. The van der Waals surface area contributed by atoms with Crippen molar-refractivity contribution < 1.29 is 0 Å². The van der Waals surface area contributed by atoms with Gasteiger partial charge in [-0.2, -0.15) is 0 Å². The van der Waals surface area contributed by atoms with E-state index in [0.717, 1.165) is 24.4 Å². The molecule has 0 saturated carbocycles. The molecule has 0 amide bonds. The Hall–Kier alpha value is -0.630. The number of hydrogen-bond acceptors (Lipinski definition) is 2. The summed E-state index contributed by atoms with van der Waals surface area (Å²) in [6.45, 7) is 6.31. The fourth-order valence-electron chi connectivity index (χ4n) is 1.07. The molecule has 0 N–H and O–H groups in total. The van der Waals surface area contributed by atoms with E-state index in [9.17, 15) is 0 Å². The van der Waals surface area contributed by atoms with E-state index < -0.39 is 0 Å². The lowest BCUT2D eigenvalue weighted by Gasteiger charge is -2.08. The van der Waals surface area contributed by atoms with Crippen LogP contribution in [0.15, 0.2) is 6.07 Å². The predicted molar refractivity (Wildman–Crippen MR) is 55.1 cm³/mol. The monoisotopic (exact) mass is 198 g/mol. The van der Waals surface area contributed by atoms with E-state index in [-0.39, 0.29) is 0 Å². The lowest BCUT2D eigenvalue weighted by molar-refractivity contribution is 0.671. The molecule has 72 valence electrons. The highest BCUT2D eigenvalue weighted by molar-refractivity contribution is 6.29. The van der Waals surface area contributed by atoms with Gasteiger partial charge in [0, 0.05) is 11.6 Å². The van der Waals surface area contributed by atoms with E-state index in [0.29, 0.717) is 11.1 Å². The summed E-state index contributed by atoms with van der Waals surface area (Å²) in [5.74, 6) is 1.26. The van der Waals surface area contributed by atoms with Crippen molar-refractivity contribution in [3.05, 3.63) is 22.7 Å². The molecule has 0 aromatic carbocycles. The van der Waals surface area contributed by atoms with E-state index in [2.05, 4.69) is 30.7 Å². The molecule has 1 aromatic rings. The summed E-state index contributed by atoms with van der Waals surface area (Å²) in [5, 5.41) is 0.558. The summed E-state index contributed by atoms with van der Waals surface area (Å²) in [5.41, 5.74) is 1.02. The summed E-state index contributed by atoms with van der Waals surface area (Å²) < 4.78 is 0. The number of nitrogens with zero attached hydrogens (tertiary/aromatic N) is 2. The van der Waals surface area contributed by atoms with Crippen LogP contribution in [0.1, 0.15) is 44.6 Å². The van der Waals surface area contributed by atoms with Crippen LogP contribution < -0.4 is 0 Å². The minimum Gasteiger partial charge on any atom is -0.238 e. The molecule has 1 heterocycles. The number of hydrogen-bond donors (Lipinski definition) is 0. The Kier molecular flexibility index (Phi) is 3.67. The third-order valence-corrected chi connectivity index (χ3v) is 2.37. The highest BCUT2D eigenvalue weighted by Gasteiger charge is 2.08. The molecule has 1 rings (SSSR count). The first-order valence-corrected chi connectivity index (χ1v) is 5.08. The van der Waals surface area contributed by atoms with E-state index in [1.807, 2.05) is 6.07 Å². The average Bonchev–Trinajstić information content (AvgIpc) is 2.15. The van der Waals surface area contributed by atoms with Crippen LogP contribution in [0.5, 0.6) is 0 Å². The average molecular weight is 199 g/mol. The van der Waals surface area contributed by atoms with Gasteiger partial charge in [0.15, 0.2) is 0 Å². The minimum atomic E-state index is 0.393. The van der Waals surface area contributed by atoms with Crippen LogP contribution in [0.2, 0.25) is 5.15 Å². The van der Waals surface area contributed by atoms with Crippen LogP contribution in [0.4, 0.5) is 0 Å². The molecule has 0 saturated heterocycles. The quantitative estimate of drug-likeness (QED) is 0.698. The molecule has 0 bridgehead atoms. The smallest absolute Gasteiger partial charge is 0.133 e. The van der Waals surface area contributed by atoms with Crippen molar-refractivity contribution in [2.45, 2.75) is 39.5 Å². The maximum Gasteiger partial charge on any atom is 0.133 e. The molecule has 2 nitrogen and oxygen atoms in total. The number of halogens is 1. The van der Waals surface area contributed by atoms with Gasteiger partial charge in [-0.1, -0.05) is 32.4 Å². The Morgan fingerprint density at radius 1 is 1.38 bits per heavy atom. The third kappa shape index (κ3) is 2.66. The van der Waals surface area contributed by atoms with E-state index in [1.165, 1.54) is 0 Å². The lowest BCUT2D eigenvalue weighted by Crippen LogP contribution is -2.02. The fraction of sp³-hybridized carbons (Fsp3) is 0.600. The summed E-state index contributed by atoms with van der Waals surface area (Å²) >= 11 is 5.88. The van der Waals surface area contributed by atoms with Gasteiger partial charge in [-0.3, -0.25) is 0 Å². The molecular weight excluding hydrogens is 184 g/mol. The standard InChI is InChI=1S/C10H15ClN2/c1-4-7(3)10-12-8(5-2)6-9(11)13-10/h6-7H,4-5H2,1-3H3. The van der Waals surface area contributed by atoms with Crippen molar-refractivity contribution >= 4 is 11.6 Å². The molecule has 0 aliphatic carbocycles. The molecule has 1 atom stereocenters. The van der Waals surface area contributed by atoms with E-state index in [1.54, 1.807) is 0 Å². The second kappa shape index (κ2) is 4.56. The zero-order chi connectivity index (χ0) is 9.84. The maximum atomic E-state index is 5.88. The molecular formula is C10H15ClN2. The molecule has 13 heavy (non-hydrogen) atoms. The van der Waals surface area contributed by atoms with Gasteiger partial charge < -0.3 is 0 Å². The molecule has 0 radical (unpaired) electrons. The molecule has 1 aromatic heterocycles. The summed E-state index contributed by atoms with van der Waals surface area (Å²) in [6.07, 6.45) is 1.95. The lowest BCUT2D eigenvalue weighted by atomic mass is 10.1. The summed E-state index contributed by atoms with van der Waals surface area (Å²) in [4.78, 5) is 8.63. The normalized spacial score (nSPS) is 12.9. The van der Waals surface area contributed by atoms with Crippen LogP contribution in [0, 0.1) is 0 Å². The Labute approximate surface area is 84.4 Å². The van der Waals surface area contributed by atoms with Gasteiger partial charge in [-0.25, -0.2) is 9.97 Å². The van der Waals surface area contributed by atoms with Gasteiger partial charge in [0.25, 0.3) is 0 Å². The van der Waals surface area contributed by atoms with Gasteiger partial charge in [0.1, 0.15) is 11.0 Å². The highest BCUT2D eigenvalue weighted by atomic mass is 35.5. The molecule has 0 spiro atoms. The maximum absolute atomic E-state index is 5.88. The van der Waals surface area contributed by atoms with Gasteiger partial charge >= 0.3 is 0 Å². The first-order chi connectivity index (χ1) is 6.17. The zero-order valence-electron chi connectivity index (χ0n) is 8.34. The largest absolute Gasteiger partial charge is 0.238 e. The van der Waals surface area contributed by atoms with Crippen LogP contribution >= 0.6 is 11.6 Å². The molecule has 0 fully saturated rings. The molecule has 0 aliphatic heterocycles. The van der Waals surface area contributed by atoms with Gasteiger partial charge in [-0.15, -0.1) is 0 Å². The van der Waals surface area contributed by atoms with Crippen molar-refractivity contribution in [2.75, 3.05) is 0 Å². The van der Waals surface area contributed by atoms with Crippen molar-refractivity contribution in [3.8, 4) is 0 Å². The fourth-order valence-corrected chi connectivity index (χ4v) is 1.28. The molecule has 0 aliphatic rings. The predicted octanol–water partition coefficient (Wildman–Crippen LogP) is 3.21. The van der Waals surface area contributed by atoms with Crippen LogP contribution in [0.3, 0.4) is 0 Å². The summed E-state index contributed by atoms with van der Waals surface area (Å²) in [6, 6.07) is 1.83. The molecule has 1 unspecified atom stereocenters. The minimum absolute atomic E-state index is 0.393. The van der Waals surface area contributed by atoms with Gasteiger partial charge in [0.05, 0.1) is 0 Å².